The van der Waals surface area contributed by atoms with E-state index in [1.54, 1.807) is 0 Å². The molecule has 0 aliphatic carbocycles. The molecule has 0 aromatic heterocycles. The van der Waals surface area contributed by atoms with Crippen molar-refractivity contribution >= 4 is 23.0 Å². The summed E-state index contributed by atoms with van der Waals surface area (Å²) in [5.41, 5.74) is 4.01. The average Bonchev–Trinajstić information content (AvgIpc) is 2.91. The molecule has 2 nitrogen and oxygen atoms in total. The van der Waals surface area contributed by atoms with E-state index in [0.29, 0.717) is 5.75 Å². The fourth-order valence-corrected chi connectivity index (χ4v) is 10.7. The van der Waals surface area contributed by atoms with E-state index in [2.05, 4.69) is 132 Å². The molecule has 0 bridgehead atoms. The number of hydrogen-bond acceptors (Lipinski definition) is 2. The predicted octanol–water partition coefficient (Wildman–Crippen LogP) is 9.61. The fourth-order valence-electron chi connectivity index (χ4n) is 5.88. The van der Waals surface area contributed by atoms with Crippen molar-refractivity contribution in [3.63, 3.8) is 0 Å². The molecule has 0 saturated carbocycles. The molecular formula is C40H53O2P. The van der Waals surface area contributed by atoms with Crippen LogP contribution < -0.4 is 20.4 Å². The quantitative estimate of drug-likeness (QED) is 0.233. The molecule has 0 unspecified atom stereocenters. The summed E-state index contributed by atoms with van der Waals surface area (Å²) in [6.45, 7) is 26.9. The van der Waals surface area contributed by atoms with Crippen molar-refractivity contribution in [2.75, 3.05) is 0 Å². The van der Waals surface area contributed by atoms with Gasteiger partial charge in [0.25, 0.3) is 0 Å². The monoisotopic (exact) mass is 596 g/mol. The summed E-state index contributed by atoms with van der Waals surface area (Å²) in [5.74, 6) is 0.644. The molecule has 4 rings (SSSR count). The zero-order valence-electron chi connectivity index (χ0n) is 28.5. The van der Waals surface area contributed by atoms with Crippen molar-refractivity contribution < 1.29 is 9.42 Å². The van der Waals surface area contributed by atoms with Crippen LogP contribution in [0.2, 0.25) is 0 Å². The molecule has 0 heterocycles. The number of benzene rings is 4. The van der Waals surface area contributed by atoms with Crippen LogP contribution in [0.4, 0.5) is 0 Å². The van der Waals surface area contributed by atoms with E-state index in [0.717, 1.165) is 27.0 Å². The Balaban J connectivity index is 2.33. The predicted molar refractivity (Wildman–Crippen MR) is 189 cm³/mol. The van der Waals surface area contributed by atoms with Crippen LogP contribution in [-0.2, 0) is 21.7 Å². The van der Waals surface area contributed by atoms with Crippen LogP contribution in [0.1, 0.15) is 105 Å². The molecule has 0 aliphatic rings. The maximum atomic E-state index is 14.4. The van der Waals surface area contributed by atoms with Gasteiger partial charge in [0, 0.05) is 0 Å². The first-order valence-corrected chi connectivity index (χ1v) is 17.7. The van der Waals surface area contributed by atoms with Gasteiger partial charge in [0.1, 0.15) is 0 Å². The summed E-state index contributed by atoms with van der Waals surface area (Å²) in [7, 11) is -4.68. The summed E-state index contributed by atoms with van der Waals surface area (Å²) in [6, 6.07) is 33.3. The van der Waals surface area contributed by atoms with E-state index in [4.69, 9.17) is 4.52 Å². The molecule has 230 valence electrons. The maximum absolute atomic E-state index is 14.4. The molecular weight excluding hydrogens is 543 g/mol. The second kappa shape index (κ2) is 10.9. The van der Waals surface area contributed by atoms with Crippen LogP contribution in [0.3, 0.4) is 0 Å². The van der Waals surface area contributed by atoms with Gasteiger partial charge in [0.05, 0.1) is 0 Å². The van der Waals surface area contributed by atoms with Gasteiger partial charge in [-0.15, -0.1) is 0 Å². The Kier molecular flexibility index (Phi) is 8.36. The third-order valence-electron chi connectivity index (χ3n) is 8.50. The first kappa shape index (κ1) is 33.0. The van der Waals surface area contributed by atoms with Crippen molar-refractivity contribution in [2.24, 2.45) is 0 Å². The summed E-state index contributed by atoms with van der Waals surface area (Å²) in [4.78, 5) is 14.4. The molecule has 4 aromatic carbocycles. The Morgan fingerprint density at radius 1 is 0.465 bits per heavy atom. The Labute approximate surface area is 261 Å². The van der Waals surface area contributed by atoms with Crippen molar-refractivity contribution in [3.05, 3.63) is 119 Å². The van der Waals surface area contributed by atoms with Crippen LogP contribution in [0.25, 0.3) is 0 Å². The number of para-hydroxylation sites is 1. The van der Waals surface area contributed by atoms with Gasteiger partial charge in [-0.2, -0.15) is 0 Å². The van der Waals surface area contributed by atoms with Gasteiger partial charge in [-0.25, -0.2) is 0 Å². The first-order valence-electron chi connectivity index (χ1n) is 15.6. The second-order valence-electron chi connectivity index (χ2n) is 16.2. The third-order valence-corrected chi connectivity index (χ3v) is 12.9. The molecule has 0 amide bonds. The Hall–Kier alpha value is -2.93. The molecule has 0 atom stereocenters. The summed E-state index contributed by atoms with van der Waals surface area (Å²) in [6.07, 6.45) is 0. The second-order valence-corrected chi connectivity index (χ2v) is 19.8. The van der Waals surface area contributed by atoms with E-state index in [9.17, 15) is 4.89 Å². The molecule has 0 radical (unpaired) electrons. The Morgan fingerprint density at radius 3 is 1.19 bits per heavy atom. The molecule has 0 spiro atoms. The molecule has 4 aromatic rings. The van der Waals surface area contributed by atoms with Crippen molar-refractivity contribution in [2.45, 2.75) is 105 Å². The minimum absolute atomic E-state index is 0.0532. The van der Waals surface area contributed by atoms with Crippen LogP contribution in [0.5, 0.6) is 5.75 Å². The average molecular weight is 597 g/mol. The van der Waals surface area contributed by atoms with Gasteiger partial charge in [0.15, 0.2) is 0 Å². The summed E-state index contributed by atoms with van der Waals surface area (Å²) < 4.78 is 7.36. The molecule has 0 aliphatic heterocycles. The molecule has 43 heavy (non-hydrogen) atoms. The molecule has 1 N–H and O–H groups in total. The van der Waals surface area contributed by atoms with Gasteiger partial charge < -0.3 is 0 Å². The van der Waals surface area contributed by atoms with Crippen LogP contribution in [-0.4, -0.2) is 4.89 Å². The van der Waals surface area contributed by atoms with Gasteiger partial charge in [0.2, 0.25) is 0 Å². The topological polar surface area (TPSA) is 29.5 Å². The third kappa shape index (κ3) is 6.20. The standard InChI is InChI=1S/C40H53O2P/c1-37(2,3)29-23-25-35(33(27-29)39(7,8)9)43(41,32-21-17-14-18-22-32,42-31-19-15-13-16-20-31)36-26-24-30(38(4,5)6)28-34(36)40(10,11)12/h13-28,41H,1-12H3. The van der Waals surface area contributed by atoms with E-state index in [1.807, 2.05) is 48.5 Å². The fraction of sp³-hybridized carbons (Fsp3) is 0.400. The number of rotatable bonds is 5. The van der Waals surface area contributed by atoms with Gasteiger partial charge in [-0.1, -0.05) is 0 Å². The van der Waals surface area contributed by atoms with Crippen molar-refractivity contribution in [1.29, 1.82) is 0 Å². The van der Waals surface area contributed by atoms with Crippen LogP contribution in [0.15, 0.2) is 97.1 Å². The van der Waals surface area contributed by atoms with Crippen molar-refractivity contribution in [1.82, 2.24) is 0 Å². The molecule has 0 fully saturated rings. The van der Waals surface area contributed by atoms with E-state index in [1.165, 1.54) is 11.1 Å². The zero-order valence-corrected chi connectivity index (χ0v) is 29.4. The van der Waals surface area contributed by atoms with Crippen LogP contribution in [0, 0.1) is 0 Å². The normalized spacial score (nSPS) is 14.2. The summed E-state index contributed by atoms with van der Waals surface area (Å²) >= 11 is 0. The first-order chi connectivity index (χ1) is 19.7. The number of hydrogen-bond donors (Lipinski definition) is 1. The Bertz CT molecular complexity index is 1500. The van der Waals surface area contributed by atoms with E-state index < -0.39 is 7.06 Å². The zero-order chi connectivity index (χ0) is 32.1. The summed E-state index contributed by atoms with van der Waals surface area (Å²) in [5, 5.41) is 2.51. The van der Waals surface area contributed by atoms with Gasteiger partial charge in [-0.05, 0) is 0 Å². The molecule has 0 saturated heterocycles. The SMILES string of the molecule is CC(C)(C)c1ccc(P(O)(Oc2ccccc2)(c2ccccc2)c2ccc(C(C)(C)C)cc2C(C)(C)C)c(C(C)(C)C)c1. The minimum atomic E-state index is -4.68. The molecule has 3 heteroatoms. The van der Waals surface area contributed by atoms with Gasteiger partial charge in [-0.3, -0.25) is 0 Å². The van der Waals surface area contributed by atoms with Crippen LogP contribution >= 0.6 is 7.06 Å². The van der Waals surface area contributed by atoms with Gasteiger partial charge >= 0.3 is 262 Å². The van der Waals surface area contributed by atoms with E-state index >= 15 is 0 Å². The van der Waals surface area contributed by atoms with Crippen molar-refractivity contribution in [3.8, 4) is 5.75 Å². The van der Waals surface area contributed by atoms with E-state index in [-0.39, 0.29) is 21.7 Å². The Morgan fingerprint density at radius 2 is 0.837 bits per heavy atom.